The largest absolute Gasteiger partial charge is 0.450 e. The van der Waals surface area contributed by atoms with E-state index in [9.17, 15) is 9.59 Å². The SMILES string of the molecule is CCOC(=O)Nc1ccc2c(c1)N(C(=O)CN1CCN(C)CC1)c1ccccc1S2.Cl. The van der Waals surface area contributed by atoms with Crippen LogP contribution in [0.15, 0.2) is 52.3 Å². The highest BCUT2D eigenvalue weighted by molar-refractivity contribution is 7.99. The molecular formula is C22H27ClN4O3S. The molecule has 0 aromatic heterocycles. The Morgan fingerprint density at radius 1 is 1.03 bits per heavy atom. The molecule has 7 nitrogen and oxygen atoms in total. The van der Waals surface area contributed by atoms with Crippen molar-refractivity contribution in [3.05, 3.63) is 42.5 Å². The fourth-order valence-electron chi connectivity index (χ4n) is 3.65. The van der Waals surface area contributed by atoms with Gasteiger partial charge in [0.15, 0.2) is 0 Å². The summed E-state index contributed by atoms with van der Waals surface area (Å²) >= 11 is 1.63. The number of amides is 2. The standard InChI is InChI=1S/C22H26N4O3S.ClH/c1-3-29-22(28)23-16-8-9-20-18(14-16)26(17-6-4-5-7-19(17)30-20)21(27)15-25-12-10-24(2)11-13-25;/h4-9,14H,3,10-13,15H2,1-2H3,(H,23,28);1H. The minimum Gasteiger partial charge on any atom is -0.450 e. The van der Waals surface area contributed by atoms with Gasteiger partial charge in [-0.3, -0.25) is 19.9 Å². The van der Waals surface area contributed by atoms with Gasteiger partial charge in [-0.2, -0.15) is 0 Å². The van der Waals surface area contributed by atoms with E-state index in [1.165, 1.54) is 0 Å². The van der Waals surface area contributed by atoms with E-state index in [-0.39, 0.29) is 18.3 Å². The van der Waals surface area contributed by atoms with Crippen LogP contribution in [0, 0.1) is 0 Å². The third kappa shape index (κ3) is 5.33. The third-order valence-corrected chi connectivity index (χ3v) is 6.38. The summed E-state index contributed by atoms with van der Waals surface area (Å²) in [7, 11) is 2.10. The first-order valence-electron chi connectivity index (χ1n) is 10.1. The van der Waals surface area contributed by atoms with Gasteiger partial charge in [0.1, 0.15) is 0 Å². The Hall–Kier alpha value is -2.26. The predicted octanol–water partition coefficient (Wildman–Crippen LogP) is 4.05. The first-order chi connectivity index (χ1) is 14.5. The number of halogens is 1. The smallest absolute Gasteiger partial charge is 0.411 e. The minimum absolute atomic E-state index is 0. The van der Waals surface area contributed by atoms with Gasteiger partial charge >= 0.3 is 6.09 Å². The number of ether oxygens (including phenoxy) is 1. The van der Waals surface area contributed by atoms with Crippen LogP contribution in [0.3, 0.4) is 0 Å². The van der Waals surface area contributed by atoms with Gasteiger partial charge in [0.2, 0.25) is 5.91 Å². The zero-order valence-electron chi connectivity index (χ0n) is 17.7. The molecule has 0 aliphatic carbocycles. The number of carbonyl (C=O) groups is 2. The fraction of sp³-hybridized carbons (Fsp3) is 0.364. The molecule has 31 heavy (non-hydrogen) atoms. The van der Waals surface area contributed by atoms with Crippen molar-refractivity contribution in [3.8, 4) is 0 Å². The number of para-hydroxylation sites is 1. The number of hydrogen-bond acceptors (Lipinski definition) is 6. The average molecular weight is 463 g/mol. The number of fused-ring (bicyclic) bond motifs is 2. The van der Waals surface area contributed by atoms with E-state index in [4.69, 9.17) is 4.74 Å². The lowest BCUT2D eigenvalue weighted by molar-refractivity contribution is -0.119. The number of benzene rings is 2. The van der Waals surface area contributed by atoms with Gasteiger partial charge in [-0.15, -0.1) is 12.4 Å². The van der Waals surface area contributed by atoms with Crippen LogP contribution in [0.5, 0.6) is 0 Å². The third-order valence-electron chi connectivity index (χ3n) is 5.25. The molecule has 4 rings (SSSR count). The van der Waals surface area contributed by atoms with Gasteiger partial charge in [0.05, 0.1) is 24.5 Å². The van der Waals surface area contributed by atoms with E-state index in [2.05, 4.69) is 22.2 Å². The topological polar surface area (TPSA) is 65.1 Å². The summed E-state index contributed by atoms with van der Waals surface area (Å²) in [5.41, 5.74) is 2.26. The molecule has 0 radical (unpaired) electrons. The van der Waals surface area contributed by atoms with Gasteiger partial charge < -0.3 is 9.64 Å². The van der Waals surface area contributed by atoms with E-state index in [1.807, 2.05) is 42.5 Å². The number of nitrogens with one attached hydrogen (secondary N) is 1. The molecule has 0 unspecified atom stereocenters. The Balaban J connectivity index is 0.00000272. The van der Waals surface area contributed by atoms with E-state index in [0.29, 0.717) is 18.8 Å². The second-order valence-corrected chi connectivity index (χ2v) is 8.49. The number of carbonyl (C=O) groups excluding carboxylic acids is 2. The van der Waals surface area contributed by atoms with Crippen molar-refractivity contribution in [3.63, 3.8) is 0 Å². The highest BCUT2D eigenvalue weighted by atomic mass is 35.5. The molecule has 2 heterocycles. The molecule has 0 bridgehead atoms. The zero-order chi connectivity index (χ0) is 21.1. The lowest BCUT2D eigenvalue weighted by Gasteiger charge is -2.35. The van der Waals surface area contributed by atoms with Crippen LogP contribution in [0.4, 0.5) is 21.9 Å². The predicted molar refractivity (Wildman–Crippen MR) is 126 cm³/mol. The van der Waals surface area contributed by atoms with E-state index >= 15 is 0 Å². The number of piperazine rings is 1. The highest BCUT2D eigenvalue weighted by Crippen LogP contribution is 2.48. The van der Waals surface area contributed by atoms with Crippen molar-refractivity contribution in [2.45, 2.75) is 16.7 Å². The van der Waals surface area contributed by atoms with Crippen molar-refractivity contribution >= 4 is 53.2 Å². The van der Waals surface area contributed by atoms with Gasteiger partial charge in [-0.05, 0) is 44.3 Å². The highest BCUT2D eigenvalue weighted by Gasteiger charge is 2.30. The maximum atomic E-state index is 13.5. The normalized spacial score (nSPS) is 16.0. The second kappa shape index (κ2) is 10.4. The Labute approximate surface area is 193 Å². The molecule has 2 aliphatic rings. The lowest BCUT2D eigenvalue weighted by atomic mass is 10.2. The van der Waals surface area contributed by atoms with Gasteiger partial charge in [-0.25, -0.2) is 4.79 Å². The summed E-state index contributed by atoms with van der Waals surface area (Å²) in [4.78, 5) is 33.6. The Morgan fingerprint density at radius 3 is 2.48 bits per heavy atom. The molecule has 166 valence electrons. The van der Waals surface area contributed by atoms with E-state index < -0.39 is 6.09 Å². The Morgan fingerprint density at radius 2 is 1.74 bits per heavy atom. The molecule has 1 saturated heterocycles. The molecule has 2 aromatic carbocycles. The number of hydrogen-bond donors (Lipinski definition) is 1. The monoisotopic (exact) mass is 462 g/mol. The molecule has 2 amide bonds. The number of rotatable bonds is 4. The Kier molecular flexibility index (Phi) is 7.83. The second-order valence-electron chi connectivity index (χ2n) is 7.41. The van der Waals surface area contributed by atoms with Crippen LogP contribution < -0.4 is 10.2 Å². The van der Waals surface area contributed by atoms with Crippen molar-refractivity contribution in [2.24, 2.45) is 0 Å². The van der Waals surface area contributed by atoms with Crippen LogP contribution in [0.25, 0.3) is 0 Å². The van der Waals surface area contributed by atoms with Crippen molar-refractivity contribution in [2.75, 3.05) is 56.6 Å². The Bertz CT molecular complexity index is 950. The quantitative estimate of drug-likeness (QED) is 0.739. The first-order valence-corrected chi connectivity index (χ1v) is 11.0. The molecular weight excluding hydrogens is 436 g/mol. The lowest BCUT2D eigenvalue weighted by Crippen LogP contribution is -2.48. The fourth-order valence-corrected chi connectivity index (χ4v) is 4.69. The summed E-state index contributed by atoms with van der Waals surface area (Å²) in [5.74, 6) is 0.0295. The van der Waals surface area contributed by atoms with Gasteiger partial charge in [0.25, 0.3) is 0 Å². The van der Waals surface area contributed by atoms with Crippen LogP contribution in [-0.2, 0) is 9.53 Å². The molecule has 9 heteroatoms. The molecule has 0 saturated carbocycles. The summed E-state index contributed by atoms with van der Waals surface area (Å²) in [6, 6.07) is 13.5. The molecule has 2 aliphatic heterocycles. The van der Waals surface area contributed by atoms with Gasteiger partial charge in [-0.1, -0.05) is 23.9 Å². The van der Waals surface area contributed by atoms with Crippen molar-refractivity contribution < 1.29 is 14.3 Å². The molecule has 0 atom stereocenters. The first kappa shape index (κ1) is 23.4. The number of anilines is 3. The molecule has 2 aromatic rings. The van der Waals surface area contributed by atoms with E-state index in [0.717, 1.165) is 47.3 Å². The summed E-state index contributed by atoms with van der Waals surface area (Å²) in [6.45, 7) is 6.11. The van der Waals surface area contributed by atoms with Crippen molar-refractivity contribution in [1.82, 2.24) is 9.80 Å². The van der Waals surface area contributed by atoms with Crippen LogP contribution in [0.2, 0.25) is 0 Å². The van der Waals surface area contributed by atoms with Crippen LogP contribution >= 0.6 is 24.2 Å². The van der Waals surface area contributed by atoms with Gasteiger partial charge in [0, 0.05) is 41.7 Å². The summed E-state index contributed by atoms with van der Waals surface area (Å²) in [5, 5.41) is 2.74. The average Bonchev–Trinajstić information content (AvgIpc) is 2.73. The number of nitrogens with zero attached hydrogens (tertiary/aromatic N) is 3. The maximum absolute atomic E-state index is 13.5. The maximum Gasteiger partial charge on any atom is 0.411 e. The van der Waals surface area contributed by atoms with Crippen molar-refractivity contribution in [1.29, 1.82) is 0 Å². The number of likely N-dealkylation sites (N-methyl/N-ethyl adjacent to an activating group) is 1. The van der Waals surface area contributed by atoms with E-state index in [1.54, 1.807) is 23.6 Å². The zero-order valence-corrected chi connectivity index (χ0v) is 19.3. The molecule has 1 N–H and O–H groups in total. The van der Waals surface area contributed by atoms with Crippen LogP contribution in [0.1, 0.15) is 6.92 Å². The minimum atomic E-state index is -0.503. The molecule has 0 spiro atoms. The summed E-state index contributed by atoms with van der Waals surface area (Å²) < 4.78 is 4.98. The van der Waals surface area contributed by atoms with Crippen LogP contribution in [-0.4, -0.2) is 68.2 Å². The molecule has 1 fully saturated rings. The summed E-state index contributed by atoms with van der Waals surface area (Å²) in [6.07, 6.45) is -0.503.